The zero-order chi connectivity index (χ0) is 13.1. The average Bonchev–Trinajstić information content (AvgIpc) is 3.06. The second-order valence-corrected chi connectivity index (χ2v) is 4.66. The zero-order valence-electron chi connectivity index (χ0n) is 10.1. The van der Waals surface area contributed by atoms with E-state index >= 15 is 0 Å². The van der Waals surface area contributed by atoms with Crippen LogP contribution in [-0.4, -0.2) is 11.8 Å². The van der Waals surface area contributed by atoms with Gasteiger partial charge in [0.1, 0.15) is 5.82 Å². The van der Waals surface area contributed by atoms with Gasteiger partial charge in [0.2, 0.25) is 11.8 Å². The van der Waals surface area contributed by atoms with E-state index in [9.17, 15) is 14.0 Å². The quantitative estimate of drug-likeness (QED) is 0.791. The lowest BCUT2D eigenvalue weighted by Crippen LogP contribution is -2.43. The van der Waals surface area contributed by atoms with E-state index in [0.717, 1.165) is 6.42 Å². The fraction of sp³-hybridized carbons (Fsp3) is 0.385. The van der Waals surface area contributed by atoms with E-state index in [-0.39, 0.29) is 30.0 Å². The van der Waals surface area contributed by atoms with Gasteiger partial charge in [-0.2, -0.15) is 0 Å². The Morgan fingerprint density at radius 1 is 1.28 bits per heavy atom. The standard InChI is InChI=1S/C13H15FN2O2/c1-8-6-11(8)13(18)16-15-12(17)7-9-2-4-10(14)5-3-9/h2-5,8,11H,6-7H2,1H3,(H,15,17)(H,16,18). The first-order valence-corrected chi connectivity index (χ1v) is 5.89. The van der Waals surface area contributed by atoms with Crippen LogP contribution >= 0.6 is 0 Å². The van der Waals surface area contributed by atoms with Crippen molar-refractivity contribution in [2.45, 2.75) is 19.8 Å². The summed E-state index contributed by atoms with van der Waals surface area (Å²) in [5.74, 6) is -0.372. The van der Waals surface area contributed by atoms with Crippen LogP contribution < -0.4 is 10.9 Å². The van der Waals surface area contributed by atoms with Gasteiger partial charge >= 0.3 is 0 Å². The summed E-state index contributed by atoms with van der Waals surface area (Å²) in [4.78, 5) is 22.9. The van der Waals surface area contributed by atoms with E-state index in [1.165, 1.54) is 12.1 Å². The lowest BCUT2D eigenvalue weighted by molar-refractivity contribution is -0.129. The molecule has 5 heteroatoms. The van der Waals surface area contributed by atoms with E-state index in [2.05, 4.69) is 10.9 Å². The number of hydrogen-bond donors (Lipinski definition) is 2. The first-order chi connectivity index (χ1) is 8.56. The summed E-state index contributed by atoms with van der Waals surface area (Å²) in [5.41, 5.74) is 5.45. The Morgan fingerprint density at radius 3 is 2.44 bits per heavy atom. The van der Waals surface area contributed by atoms with E-state index in [4.69, 9.17) is 0 Å². The van der Waals surface area contributed by atoms with Gasteiger partial charge in [-0.3, -0.25) is 20.4 Å². The minimum Gasteiger partial charge on any atom is -0.273 e. The lowest BCUT2D eigenvalue weighted by Gasteiger charge is -2.06. The van der Waals surface area contributed by atoms with Crippen LogP contribution in [0.4, 0.5) is 4.39 Å². The summed E-state index contributed by atoms with van der Waals surface area (Å²) >= 11 is 0. The van der Waals surface area contributed by atoms with Crippen molar-refractivity contribution in [1.82, 2.24) is 10.9 Å². The summed E-state index contributed by atoms with van der Waals surface area (Å²) in [6.07, 6.45) is 0.987. The molecule has 0 spiro atoms. The minimum absolute atomic E-state index is 0.0242. The van der Waals surface area contributed by atoms with Gasteiger partial charge in [-0.05, 0) is 30.0 Å². The molecule has 96 valence electrons. The van der Waals surface area contributed by atoms with Crippen molar-refractivity contribution < 1.29 is 14.0 Å². The first-order valence-electron chi connectivity index (χ1n) is 5.89. The molecule has 0 heterocycles. The van der Waals surface area contributed by atoms with Gasteiger partial charge in [-0.25, -0.2) is 4.39 Å². The Morgan fingerprint density at radius 2 is 1.89 bits per heavy atom. The smallest absolute Gasteiger partial charge is 0.242 e. The topological polar surface area (TPSA) is 58.2 Å². The monoisotopic (exact) mass is 250 g/mol. The Hall–Kier alpha value is -1.91. The maximum atomic E-state index is 12.7. The largest absolute Gasteiger partial charge is 0.273 e. The number of hydrogen-bond acceptors (Lipinski definition) is 2. The van der Waals surface area contributed by atoms with Gasteiger partial charge in [0.25, 0.3) is 0 Å². The lowest BCUT2D eigenvalue weighted by atomic mass is 10.1. The molecule has 1 fully saturated rings. The fourth-order valence-electron chi connectivity index (χ4n) is 1.74. The number of amides is 2. The van der Waals surface area contributed by atoms with Gasteiger partial charge in [0.05, 0.1) is 6.42 Å². The maximum absolute atomic E-state index is 12.7. The normalized spacial score (nSPS) is 21.2. The summed E-state index contributed by atoms with van der Waals surface area (Å²) in [6, 6.07) is 5.68. The predicted octanol–water partition coefficient (Wildman–Crippen LogP) is 1.17. The molecule has 0 aromatic heterocycles. The van der Waals surface area contributed by atoms with Crippen molar-refractivity contribution in [2.75, 3.05) is 0 Å². The summed E-state index contributed by atoms with van der Waals surface area (Å²) in [5, 5.41) is 0. The van der Waals surface area contributed by atoms with Gasteiger partial charge in [-0.1, -0.05) is 19.1 Å². The van der Waals surface area contributed by atoms with Crippen molar-refractivity contribution in [3.05, 3.63) is 35.6 Å². The molecule has 2 atom stereocenters. The van der Waals surface area contributed by atoms with E-state index in [1.807, 2.05) is 6.92 Å². The van der Waals surface area contributed by atoms with Crippen LogP contribution in [0.1, 0.15) is 18.9 Å². The highest BCUT2D eigenvalue weighted by molar-refractivity contribution is 5.85. The molecule has 2 rings (SSSR count). The third-order valence-corrected chi connectivity index (χ3v) is 3.05. The summed E-state index contributed by atoms with van der Waals surface area (Å²) < 4.78 is 12.7. The highest BCUT2D eigenvalue weighted by Crippen LogP contribution is 2.37. The molecule has 0 radical (unpaired) electrons. The molecular formula is C13H15FN2O2. The van der Waals surface area contributed by atoms with Crippen molar-refractivity contribution in [2.24, 2.45) is 11.8 Å². The Kier molecular flexibility index (Phi) is 3.60. The summed E-state index contributed by atoms with van der Waals surface area (Å²) in [6.45, 7) is 1.99. The second kappa shape index (κ2) is 5.16. The number of hydrazine groups is 1. The molecule has 0 aliphatic heterocycles. The minimum atomic E-state index is -0.338. The molecule has 0 bridgehead atoms. The van der Waals surface area contributed by atoms with Crippen LogP contribution in [0.15, 0.2) is 24.3 Å². The summed E-state index contributed by atoms with van der Waals surface area (Å²) in [7, 11) is 0. The molecule has 1 aromatic carbocycles. The third-order valence-electron chi connectivity index (χ3n) is 3.05. The molecular weight excluding hydrogens is 235 g/mol. The van der Waals surface area contributed by atoms with Crippen LogP contribution in [0.3, 0.4) is 0 Å². The number of carbonyl (C=O) groups excluding carboxylic acids is 2. The zero-order valence-corrected chi connectivity index (χ0v) is 10.1. The van der Waals surface area contributed by atoms with E-state index in [0.29, 0.717) is 11.5 Å². The molecule has 4 nitrogen and oxygen atoms in total. The van der Waals surface area contributed by atoms with Crippen molar-refractivity contribution in [1.29, 1.82) is 0 Å². The SMILES string of the molecule is CC1CC1C(=O)NNC(=O)Cc1ccc(F)cc1. The molecule has 2 amide bonds. The molecule has 1 saturated carbocycles. The van der Waals surface area contributed by atoms with Gasteiger partial charge < -0.3 is 0 Å². The second-order valence-electron chi connectivity index (χ2n) is 4.66. The van der Waals surface area contributed by atoms with Crippen LogP contribution in [-0.2, 0) is 16.0 Å². The maximum Gasteiger partial charge on any atom is 0.242 e. The molecule has 0 saturated heterocycles. The molecule has 1 aliphatic rings. The van der Waals surface area contributed by atoms with Gasteiger partial charge in [0.15, 0.2) is 0 Å². The highest BCUT2D eigenvalue weighted by Gasteiger charge is 2.39. The van der Waals surface area contributed by atoms with Gasteiger partial charge in [-0.15, -0.1) is 0 Å². The van der Waals surface area contributed by atoms with Crippen LogP contribution in [0, 0.1) is 17.7 Å². The van der Waals surface area contributed by atoms with Crippen molar-refractivity contribution in [3.63, 3.8) is 0 Å². The Bertz CT molecular complexity index is 459. The number of benzene rings is 1. The number of nitrogens with one attached hydrogen (secondary N) is 2. The molecule has 1 aromatic rings. The highest BCUT2D eigenvalue weighted by atomic mass is 19.1. The number of carbonyl (C=O) groups is 2. The third kappa shape index (κ3) is 3.29. The number of halogens is 1. The number of rotatable bonds is 3. The van der Waals surface area contributed by atoms with Crippen LogP contribution in [0.25, 0.3) is 0 Å². The van der Waals surface area contributed by atoms with Gasteiger partial charge in [0, 0.05) is 5.92 Å². The first kappa shape index (κ1) is 12.5. The fourth-order valence-corrected chi connectivity index (χ4v) is 1.74. The average molecular weight is 250 g/mol. The molecule has 2 N–H and O–H groups in total. The van der Waals surface area contributed by atoms with E-state index < -0.39 is 0 Å². The Balaban J connectivity index is 1.75. The van der Waals surface area contributed by atoms with Crippen LogP contribution in [0.2, 0.25) is 0 Å². The predicted molar refractivity (Wildman–Crippen MR) is 63.7 cm³/mol. The van der Waals surface area contributed by atoms with Crippen LogP contribution in [0.5, 0.6) is 0 Å². The molecule has 2 unspecified atom stereocenters. The van der Waals surface area contributed by atoms with Crippen molar-refractivity contribution in [3.8, 4) is 0 Å². The molecule has 1 aliphatic carbocycles. The Labute approximate surface area is 105 Å². The van der Waals surface area contributed by atoms with Crippen molar-refractivity contribution >= 4 is 11.8 Å². The molecule has 18 heavy (non-hydrogen) atoms. The van der Waals surface area contributed by atoms with E-state index in [1.54, 1.807) is 12.1 Å².